The first-order valence-electron chi connectivity index (χ1n) is 5.79. The topological polar surface area (TPSA) is 16.1 Å². The average Bonchev–Trinajstić information content (AvgIpc) is 3.04. The lowest BCUT2D eigenvalue weighted by Crippen LogP contribution is -2.30. The Hall–Kier alpha value is -0.890. The van der Waals surface area contributed by atoms with Gasteiger partial charge in [0.2, 0.25) is 0 Å². The Bertz CT molecular complexity index is 331. The first kappa shape index (κ1) is 10.6. The molecular formula is C13H20N2. The Morgan fingerprint density at radius 2 is 2.27 bits per heavy atom. The number of rotatable bonds is 4. The molecule has 1 aliphatic rings. The second-order valence-corrected chi connectivity index (χ2v) is 4.76. The van der Waals surface area contributed by atoms with Crippen LogP contribution in [0.3, 0.4) is 0 Å². The Balaban J connectivity index is 1.98. The zero-order valence-electron chi connectivity index (χ0n) is 9.90. The number of hydrogen-bond donors (Lipinski definition) is 0. The highest BCUT2D eigenvalue weighted by Gasteiger charge is 2.30. The van der Waals surface area contributed by atoms with Crippen LogP contribution in [0.1, 0.15) is 31.0 Å². The third-order valence-electron chi connectivity index (χ3n) is 3.52. The van der Waals surface area contributed by atoms with Crippen molar-refractivity contribution in [2.24, 2.45) is 5.92 Å². The minimum atomic E-state index is 0.700. The summed E-state index contributed by atoms with van der Waals surface area (Å²) < 4.78 is 0. The standard InChI is InChI=1S/C13H20N2/c1-10-5-4-8-14-13(10)9-15(3)11(2)12-6-7-12/h4-5,8,11-12H,6-7,9H2,1-3H3. The number of aromatic nitrogens is 1. The molecule has 0 amide bonds. The number of aryl methyl sites for hydroxylation is 1. The van der Waals surface area contributed by atoms with Crippen LogP contribution >= 0.6 is 0 Å². The molecule has 1 fully saturated rings. The van der Waals surface area contributed by atoms with Gasteiger partial charge in [0, 0.05) is 18.8 Å². The maximum absolute atomic E-state index is 4.44. The Labute approximate surface area is 92.3 Å². The smallest absolute Gasteiger partial charge is 0.0573 e. The van der Waals surface area contributed by atoms with Crippen molar-refractivity contribution in [2.45, 2.75) is 39.3 Å². The minimum absolute atomic E-state index is 0.700. The SMILES string of the molecule is Cc1cccnc1CN(C)C(C)C1CC1. The molecule has 2 heteroatoms. The van der Waals surface area contributed by atoms with Crippen LogP contribution in [0, 0.1) is 12.8 Å². The van der Waals surface area contributed by atoms with Gasteiger partial charge in [0.15, 0.2) is 0 Å². The second-order valence-electron chi connectivity index (χ2n) is 4.76. The van der Waals surface area contributed by atoms with E-state index >= 15 is 0 Å². The average molecular weight is 204 g/mol. The molecule has 2 rings (SSSR count). The van der Waals surface area contributed by atoms with Crippen molar-refractivity contribution >= 4 is 0 Å². The number of hydrogen-bond acceptors (Lipinski definition) is 2. The van der Waals surface area contributed by atoms with Crippen LogP contribution < -0.4 is 0 Å². The molecular weight excluding hydrogens is 184 g/mol. The predicted octanol–water partition coefficient (Wildman–Crippen LogP) is 2.62. The fourth-order valence-electron chi connectivity index (χ4n) is 2.00. The second kappa shape index (κ2) is 4.31. The molecule has 0 aromatic carbocycles. The van der Waals surface area contributed by atoms with E-state index in [1.807, 2.05) is 12.3 Å². The van der Waals surface area contributed by atoms with Crippen molar-refractivity contribution in [1.29, 1.82) is 0 Å². The molecule has 1 aliphatic carbocycles. The van der Waals surface area contributed by atoms with Crippen LogP contribution in [0.2, 0.25) is 0 Å². The monoisotopic (exact) mass is 204 g/mol. The molecule has 1 heterocycles. The molecule has 1 atom stereocenters. The van der Waals surface area contributed by atoms with Crippen molar-refractivity contribution in [2.75, 3.05) is 7.05 Å². The lowest BCUT2D eigenvalue weighted by molar-refractivity contribution is 0.223. The summed E-state index contributed by atoms with van der Waals surface area (Å²) in [5.74, 6) is 0.930. The number of nitrogens with zero attached hydrogens (tertiary/aromatic N) is 2. The van der Waals surface area contributed by atoms with E-state index in [4.69, 9.17) is 0 Å². The molecule has 0 saturated heterocycles. The summed E-state index contributed by atoms with van der Waals surface area (Å²) in [4.78, 5) is 6.86. The minimum Gasteiger partial charge on any atom is -0.298 e. The summed E-state index contributed by atoms with van der Waals surface area (Å²) in [6, 6.07) is 4.84. The molecule has 1 aromatic rings. The van der Waals surface area contributed by atoms with Gasteiger partial charge >= 0.3 is 0 Å². The molecule has 2 nitrogen and oxygen atoms in total. The molecule has 1 saturated carbocycles. The largest absolute Gasteiger partial charge is 0.298 e. The van der Waals surface area contributed by atoms with Crippen molar-refractivity contribution < 1.29 is 0 Å². The van der Waals surface area contributed by atoms with E-state index in [-0.39, 0.29) is 0 Å². The zero-order valence-corrected chi connectivity index (χ0v) is 9.90. The summed E-state index contributed by atoms with van der Waals surface area (Å²) in [6.45, 7) is 5.44. The first-order chi connectivity index (χ1) is 7.18. The third-order valence-corrected chi connectivity index (χ3v) is 3.52. The van der Waals surface area contributed by atoms with Crippen molar-refractivity contribution in [3.63, 3.8) is 0 Å². The molecule has 82 valence electrons. The Kier molecular flexibility index (Phi) is 3.06. The van der Waals surface area contributed by atoms with Crippen LogP contribution in [0.4, 0.5) is 0 Å². The van der Waals surface area contributed by atoms with Crippen LogP contribution in [0.15, 0.2) is 18.3 Å². The van der Waals surface area contributed by atoms with Crippen LogP contribution in [0.25, 0.3) is 0 Å². The maximum Gasteiger partial charge on any atom is 0.0573 e. The van der Waals surface area contributed by atoms with Crippen LogP contribution in [-0.4, -0.2) is 23.0 Å². The van der Waals surface area contributed by atoms with Gasteiger partial charge in [-0.3, -0.25) is 9.88 Å². The Morgan fingerprint density at radius 3 is 2.87 bits per heavy atom. The van der Waals surface area contributed by atoms with Gasteiger partial charge in [-0.2, -0.15) is 0 Å². The van der Waals surface area contributed by atoms with Crippen molar-refractivity contribution in [3.05, 3.63) is 29.6 Å². The van der Waals surface area contributed by atoms with Crippen LogP contribution in [0.5, 0.6) is 0 Å². The summed E-state index contributed by atoms with van der Waals surface area (Å²) in [7, 11) is 2.21. The first-order valence-corrected chi connectivity index (χ1v) is 5.79. The van der Waals surface area contributed by atoms with E-state index in [1.54, 1.807) is 0 Å². The lowest BCUT2D eigenvalue weighted by Gasteiger charge is -2.24. The van der Waals surface area contributed by atoms with E-state index in [0.717, 1.165) is 12.5 Å². The van der Waals surface area contributed by atoms with E-state index in [1.165, 1.54) is 24.1 Å². The molecule has 1 aromatic heterocycles. The zero-order chi connectivity index (χ0) is 10.8. The molecule has 1 unspecified atom stereocenters. The molecule has 15 heavy (non-hydrogen) atoms. The van der Waals surface area contributed by atoms with Crippen LogP contribution in [-0.2, 0) is 6.54 Å². The molecule has 0 spiro atoms. The highest BCUT2D eigenvalue weighted by molar-refractivity contribution is 5.17. The van der Waals surface area contributed by atoms with Crippen molar-refractivity contribution in [1.82, 2.24) is 9.88 Å². The van der Waals surface area contributed by atoms with E-state index in [0.29, 0.717) is 6.04 Å². The molecule has 0 bridgehead atoms. The van der Waals surface area contributed by atoms with Gasteiger partial charge in [-0.15, -0.1) is 0 Å². The molecule has 0 N–H and O–H groups in total. The summed E-state index contributed by atoms with van der Waals surface area (Å²) in [5.41, 5.74) is 2.51. The fourth-order valence-corrected chi connectivity index (χ4v) is 2.00. The lowest BCUT2D eigenvalue weighted by atomic mass is 10.1. The number of pyridine rings is 1. The highest BCUT2D eigenvalue weighted by atomic mass is 15.1. The highest BCUT2D eigenvalue weighted by Crippen LogP contribution is 2.35. The Morgan fingerprint density at radius 1 is 1.53 bits per heavy atom. The predicted molar refractivity (Wildman–Crippen MR) is 62.6 cm³/mol. The van der Waals surface area contributed by atoms with Crippen molar-refractivity contribution in [3.8, 4) is 0 Å². The fraction of sp³-hybridized carbons (Fsp3) is 0.615. The van der Waals surface area contributed by atoms with Gasteiger partial charge in [-0.25, -0.2) is 0 Å². The van der Waals surface area contributed by atoms with Gasteiger partial charge in [-0.1, -0.05) is 6.07 Å². The van der Waals surface area contributed by atoms with Gasteiger partial charge in [0.1, 0.15) is 0 Å². The summed E-state index contributed by atoms with van der Waals surface area (Å²) in [5, 5.41) is 0. The van der Waals surface area contributed by atoms with Gasteiger partial charge < -0.3 is 0 Å². The van der Waals surface area contributed by atoms with E-state index in [2.05, 4.69) is 36.8 Å². The van der Waals surface area contributed by atoms with Gasteiger partial charge in [0.25, 0.3) is 0 Å². The third kappa shape index (κ3) is 2.57. The normalized spacial score (nSPS) is 18.1. The van der Waals surface area contributed by atoms with E-state index < -0.39 is 0 Å². The summed E-state index contributed by atoms with van der Waals surface area (Å²) >= 11 is 0. The summed E-state index contributed by atoms with van der Waals surface area (Å²) in [6.07, 6.45) is 4.71. The van der Waals surface area contributed by atoms with Gasteiger partial charge in [-0.05, 0) is 51.3 Å². The van der Waals surface area contributed by atoms with Gasteiger partial charge in [0.05, 0.1) is 5.69 Å². The molecule has 0 aliphatic heterocycles. The molecule has 0 radical (unpaired) electrons. The quantitative estimate of drug-likeness (QED) is 0.749. The van der Waals surface area contributed by atoms with E-state index in [9.17, 15) is 0 Å². The maximum atomic E-state index is 4.44.